The fraction of sp³-hybridized carbons (Fsp3) is 0.500. The zero-order valence-electron chi connectivity index (χ0n) is 17.2. The molecular formula is C22H29N3O4. The SMILES string of the molecule is CCCN(CCC)C(=O)C(=O)c1cn(CC(=O)N2CCOCC2)c2ccccc12. The highest BCUT2D eigenvalue weighted by Gasteiger charge is 2.26. The standard InChI is InChI=1S/C22H29N3O4/c1-3-9-24(10-4-2)22(28)21(27)18-15-25(19-8-6-5-7-17(18)19)16-20(26)23-11-13-29-14-12-23/h5-8,15H,3-4,9-14,16H2,1-2H3. The van der Waals surface area contributed by atoms with Crippen LogP contribution >= 0.6 is 0 Å². The van der Waals surface area contributed by atoms with Crippen LogP contribution in [0.3, 0.4) is 0 Å². The Hall–Kier alpha value is -2.67. The molecule has 156 valence electrons. The van der Waals surface area contributed by atoms with E-state index in [2.05, 4.69) is 0 Å². The predicted octanol–water partition coefficient (Wildman–Crippen LogP) is 2.33. The highest BCUT2D eigenvalue weighted by atomic mass is 16.5. The molecule has 29 heavy (non-hydrogen) atoms. The molecule has 0 radical (unpaired) electrons. The first-order valence-electron chi connectivity index (χ1n) is 10.3. The molecule has 3 rings (SSSR count). The molecule has 1 fully saturated rings. The van der Waals surface area contributed by atoms with Crippen molar-refractivity contribution in [3.63, 3.8) is 0 Å². The monoisotopic (exact) mass is 399 g/mol. The Morgan fingerprint density at radius 1 is 1.03 bits per heavy atom. The van der Waals surface area contributed by atoms with Crippen LogP contribution in [0.2, 0.25) is 0 Å². The van der Waals surface area contributed by atoms with Gasteiger partial charge in [0.1, 0.15) is 6.54 Å². The lowest BCUT2D eigenvalue weighted by atomic mass is 10.1. The van der Waals surface area contributed by atoms with Gasteiger partial charge in [0.25, 0.3) is 11.7 Å². The van der Waals surface area contributed by atoms with E-state index < -0.39 is 11.7 Å². The molecule has 7 nitrogen and oxygen atoms in total. The van der Waals surface area contributed by atoms with Gasteiger partial charge in [0.05, 0.1) is 18.8 Å². The summed E-state index contributed by atoms with van der Waals surface area (Å²) in [6, 6.07) is 7.41. The molecule has 0 N–H and O–H groups in total. The van der Waals surface area contributed by atoms with E-state index in [9.17, 15) is 14.4 Å². The largest absolute Gasteiger partial charge is 0.378 e. The number of carbonyl (C=O) groups excluding carboxylic acids is 3. The highest BCUT2D eigenvalue weighted by Crippen LogP contribution is 2.23. The molecule has 1 aliphatic rings. The average molecular weight is 399 g/mol. The van der Waals surface area contributed by atoms with Crippen molar-refractivity contribution in [2.75, 3.05) is 39.4 Å². The number of amides is 2. The van der Waals surface area contributed by atoms with E-state index in [1.807, 2.05) is 38.1 Å². The van der Waals surface area contributed by atoms with Gasteiger partial charge in [-0.05, 0) is 18.9 Å². The van der Waals surface area contributed by atoms with Crippen molar-refractivity contribution in [3.8, 4) is 0 Å². The molecule has 1 aromatic heterocycles. The lowest BCUT2D eigenvalue weighted by molar-refractivity contribution is -0.135. The summed E-state index contributed by atoms with van der Waals surface area (Å²) in [6.07, 6.45) is 3.25. The van der Waals surface area contributed by atoms with Crippen LogP contribution in [0.4, 0.5) is 0 Å². The van der Waals surface area contributed by atoms with E-state index in [0.717, 1.165) is 18.4 Å². The lowest BCUT2D eigenvalue weighted by Gasteiger charge is -2.27. The van der Waals surface area contributed by atoms with Gasteiger partial charge in [-0.2, -0.15) is 0 Å². The van der Waals surface area contributed by atoms with Crippen LogP contribution < -0.4 is 0 Å². The van der Waals surface area contributed by atoms with Crippen LogP contribution in [-0.4, -0.2) is 71.4 Å². The summed E-state index contributed by atoms with van der Waals surface area (Å²) < 4.78 is 7.08. The van der Waals surface area contributed by atoms with E-state index in [-0.39, 0.29) is 12.5 Å². The number of nitrogens with zero attached hydrogens (tertiary/aromatic N) is 3. The van der Waals surface area contributed by atoms with Gasteiger partial charge in [-0.1, -0.05) is 32.0 Å². The van der Waals surface area contributed by atoms with Gasteiger partial charge in [0, 0.05) is 43.3 Å². The number of para-hydroxylation sites is 1. The van der Waals surface area contributed by atoms with Crippen molar-refractivity contribution >= 4 is 28.5 Å². The smallest absolute Gasteiger partial charge is 0.295 e. The molecule has 1 aliphatic heterocycles. The van der Waals surface area contributed by atoms with Crippen LogP contribution in [-0.2, 0) is 20.9 Å². The summed E-state index contributed by atoms with van der Waals surface area (Å²) in [6.45, 7) is 7.47. The number of morpholine rings is 1. The zero-order valence-corrected chi connectivity index (χ0v) is 17.2. The number of rotatable bonds is 8. The summed E-state index contributed by atoms with van der Waals surface area (Å²) in [5.74, 6) is -1.00. The highest BCUT2D eigenvalue weighted by molar-refractivity contribution is 6.44. The second kappa shape index (κ2) is 9.69. The van der Waals surface area contributed by atoms with Crippen molar-refractivity contribution in [3.05, 3.63) is 36.0 Å². The van der Waals surface area contributed by atoms with Crippen LogP contribution in [0.25, 0.3) is 10.9 Å². The third-order valence-corrected chi connectivity index (χ3v) is 5.17. The maximum Gasteiger partial charge on any atom is 0.295 e. The minimum absolute atomic E-state index is 0.0158. The summed E-state index contributed by atoms with van der Waals surface area (Å²) in [7, 11) is 0. The molecule has 0 aliphatic carbocycles. The minimum Gasteiger partial charge on any atom is -0.378 e. The number of benzene rings is 1. The fourth-order valence-corrected chi connectivity index (χ4v) is 3.73. The van der Waals surface area contributed by atoms with Gasteiger partial charge in [0.15, 0.2) is 0 Å². The van der Waals surface area contributed by atoms with Crippen LogP contribution in [0.1, 0.15) is 37.0 Å². The molecule has 0 saturated carbocycles. The van der Waals surface area contributed by atoms with Crippen molar-refractivity contribution in [1.29, 1.82) is 0 Å². The van der Waals surface area contributed by atoms with Crippen LogP contribution in [0.15, 0.2) is 30.5 Å². The minimum atomic E-state index is -0.513. The summed E-state index contributed by atoms with van der Waals surface area (Å²) in [5, 5.41) is 0.702. The number of fused-ring (bicyclic) bond motifs is 1. The number of aromatic nitrogens is 1. The summed E-state index contributed by atoms with van der Waals surface area (Å²) >= 11 is 0. The summed E-state index contributed by atoms with van der Waals surface area (Å²) in [4.78, 5) is 41.9. The molecule has 7 heteroatoms. The Bertz CT molecular complexity index is 877. The first-order valence-corrected chi connectivity index (χ1v) is 10.3. The third-order valence-electron chi connectivity index (χ3n) is 5.17. The summed E-state index contributed by atoms with van der Waals surface area (Å²) in [5.41, 5.74) is 1.14. The number of Topliss-reactive ketones (excluding diaryl/α,β-unsaturated/α-hetero) is 1. The van der Waals surface area contributed by atoms with Gasteiger partial charge >= 0.3 is 0 Å². The molecule has 0 atom stereocenters. The van der Waals surface area contributed by atoms with E-state index in [1.165, 1.54) is 0 Å². The molecule has 1 saturated heterocycles. The van der Waals surface area contributed by atoms with Crippen LogP contribution in [0, 0.1) is 0 Å². The zero-order chi connectivity index (χ0) is 20.8. The number of hydrogen-bond donors (Lipinski definition) is 0. The normalized spacial score (nSPS) is 14.2. The fourth-order valence-electron chi connectivity index (χ4n) is 3.73. The maximum atomic E-state index is 13.0. The Morgan fingerprint density at radius 2 is 1.69 bits per heavy atom. The molecule has 1 aromatic carbocycles. The van der Waals surface area contributed by atoms with E-state index in [0.29, 0.717) is 50.3 Å². The van der Waals surface area contributed by atoms with Crippen molar-refractivity contribution < 1.29 is 19.1 Å². The second-order valence-electron chi connectivity index (χ2n) is 7.30. The lowest BCUT2D eigenvalue weighted by Crippen LogP contribution is -2.42. The molecule has 0 unspecified atom stereocenters. The second-order valence-corrected chi connectivity index (χ2v) is 7.30. The quantitative estimate of drug-likeness (QED) is 0.505. The van der Waals surface area contributed by atoms with Gasteiger partial charge < -0.3 is 19.1 Å². The maximum absolute atomic E-state index is 13.0. The van der Waals surface area contributed by atoms with Crippen LogP contribution in [0.5, 0.6) is 0 Å². The Kier molecular flexibility index (Phi) is 7.04. The first-order chi connectivity index (χ1) is 14.1. The predicted molar refractivity (Wildman–Crippen MR) is 111 cm³/mol. The van der Waals surface area contributed by atoms with Gasteiger partial charge in [-0.3, -0.25) is 14.4 Å². The van der Waals surface area contributed by atoms with E-state index >= 15 is 0 Å². The Morgan fingerprint density at radius 3 is 2.34 bits per heavy atom. The van der Waals surface area contributed by atoms with Crippen molar-refractivity contribution in [2.24, 2.45) is 0 Å². The Labute approximate surface area is 171 Å². The number of ether oxygens (including phenoxy) is 1. The molecular weight excluding hydrogens is 370 g/mol. The van der Waals surface area contributed by atoms with Crippen molar-refractivity contribution in [1.82, 2.24) is 14.4 Å². The van der Waals surface area contributed by atoms with Gasteiger partial charge in [0.2, 0.25) is 5.91 Å². The molecule has 2 heterocycles. The first kappa shape index (κ1) is 21.0. The van der Waals surface area contributed by atoms with E-state index in [4.69, 9.17) is 4.74 Å². The van der Waals surface area contributed by atoms with Crippen molar-refractivity contribution in [2.45, 2.75) is 33.2 Å². The molecule has 2 amide bonds. The third kappa shape index (κ3) is 4.67. The Balaban J connectivity index is 1.88. The topological polar surface area (TPSA) is 71.9 Å². The van der Waals surface area contributed by atoms with Gasteiger partial charge in [-0.25, -0.2) is 0 Å². The molecule has 2 aromatic rings. The van der Waals surface area contributed by atoms with Gasteiger partial charge in [-0.15, -0.1) is 0 Å². The molecule has 0 bridgehead atoms. The molecule has 0 spiro atoms. The van der Waals surface area contributed by atoms with E-state index in [1.54, 1.807) is 20.6 Å². The average Bonchev–Trinajstić information content (AvgIpc) is 3.11. The number of hydrogen-bond acceptors (Lipinski definition) is 4. The number of carbonyl (C=O) groups is 3. The number of ketones is 1.